The predicted octanol–water partition coefficient (Wildman–Crippen LogP) is 1.30. The molecule has 0 aliphatic carbocycles. The molecule has 5 nitrogen and oxygen atoms in total. The van der Waals surface area contributed by atoms with E-state index in [2.05, 4.69) is 5.32 Å². The lowest BCUT2D eigenvalue weighted by molar-refractivity contribution is -0.129. The Morgan fingerprint density at radius 1 is 1.35 bits per heavy atom. The number of rotatable bonds is 2. The Kier molecular flexibility index (Phi) is 4.36. The third-order valence-corrected chi connectivity index (χ3v) is 3.53. The summed E-state index contributed by atoms with van der Waals surface area (Å²) >= 11 is 0. The number of piperidine rings is 1. The van der Waals surface area contributed by atoms with Gasteiger partial charge >= 0.3 is 0 Å². The van der Waals surface area contributed by atoms with Crippen LogP contribution >= 0.6 is 0 Å². The molecule has 20 heavy (non-hydrogen) atoms. The van der Waals surface area contributed by atoms with E-state index in [0.29, 0.717) is 24.2 Å². The molecule has 0 saturated carbocycles. The molecule has 0 bridgehead atoms. The van der Waals surface area contributed by atoms with E-state index < -0.39 is 0 Å². The summed E-state index contributed by atoms with van der Waals surface area (Å²) < 4.78 is 0. The maximum absolute atomic E-state index is 12.1. The molecular weight excluding hydrogens is 254 g/mol. The van der Waals surface area contributed by atoms with Gasteiger partial charge in [0.1, 0.15) is 0 Å². The maximum Gasteiger partial charge on any atom is 0.251 e. The van der Waals surface area contributed by atoms with Crippen molar-refractivity contribution in [2.45, 2.75) is 25.8 Å². The first-order chi connectivity index (χ1) is 9.60. The Bertz CT molecular complexity index is 554. The Balaban J connectivity index is 1.92. The van der Waals surface area contributed by atoms with Gasteiger partial charge in [-0.15, -0.1) is 0 Å². The van der Waals surface area contributed by atoms with Crippen molar-refractivity contribution in [3.63, 3.8) is 0 Å². The number of nitrogens with one attached hydrogen (secondary N) is 1. The molecule has 1 aromatic rings. The van der Waals surface area contributed by atoms with E-state index in [1.54, 1.807) is 36.1 Å². The van der Waals surface area contributed by atoms with E-state index in [4.69, 9.17) is 5.26 Å². The second kappa shape index (κ2) is 6.20. The predicted molar refractivity (Wildman–Crippen MR) is 73.9 cm³/mol. The molecule has 1 saturated heterocycles. The minimum absolute atomic E-state index is 0.0801. The molecule has 1 aliphatic rings. The summed E-state index contributed by atoms with van der Waals surface area (Å²) in [6.45, 7) is 2.92. The van der Waals surface area contributed by atoms with Crippen molar-refractivity contribution in [3.05, 3.63) is 35.4 Å². The summed E-state index contributed by atoms with van der Waals surface area (Å²) in [6, 6.07) is 8.75. The van der Waals surface area contributed by atoms with Crippen LogP contribution in [0.5, 0.6) is 0 Å². The van der Waals surface area contributed by atoms with Gasteiger partial charge in [0.15, 0.2) is 0 Å². The molecule has 0 unspecified atom stereocenters. The molecule has 1 fully saturated rings. The monoisotopic (exact) mass is 271 g/mol. The molecule has 1 heterocycles. The van der Waals surface area contributed by atoms with Crippen LogP contribution in [-0.2, 0) is 4.79 Å². The first-order valence-corrected chi connectivity index (χ1v) is 6.66. The van der Waals surface area contributed by atoms with Gasteiger partial charge in [0.05, 0.1) is 11.6 Å². The fourth-order valence-corrected chi connectivity index (χ4v) is 2.34. The van der Waals surface area contributed by atoms with Crippen LogP contribution in [0.1, 0.15) is 35.7 Å². The first-order valence-electron chi connectivity index (χ1n) is 6.66. The van der Waals surface area contributed by atoms with Gasteiger partial charge in [-0.3, -0.25) is 9.59 Å². The van der Waals surface area contributed by atoms with Crippen molar-refractivity contribution >= 4 is 11.8 Å². The van der Waals surface area contributed by atoms with E-state index in [0.717, 1.165) is 12.8 Å². The zero-order valence-corrected chi connectivity index (χ0v) is 11.4. The quantitative estimate of drug-likeness (QED) is 0.881. The van der Waals surface area contributed by atoms with E-state index >= 15 is 0 Å². The molecule has 1 aromatic carbocycles. The van der Waals surface area contributed by atoms with Crippen LogP contribution in [0.3, 0.4) is 0 Å². The number of amides is 2. The number of benzene rings is 1. The van der Waals surface area contributed by atoms with Gasteiger partial charge in [-0.25, -0.2) is 0 Å². The van der Waals surface area contributed by atoms with Crippen LogP contribution < -0.4 is 5.32 Å². The van der Waals surface area contributed by atoms with Gasteiger partial charge in [-0.2, -0.15) is 5.26 Å². The largest absolute Gasteiger partial charge is 0.349 e. The van der Waals surface area contributed by atoms with Crippen molar-refractivity contribution in [1.29, 1.82) is 5.26 Å². The molecule has 1 aliphatic heterocycles. The van der Waals surface area contributed by atoms with E-state index in [9.17, 15) is 9.59 Å². The van der Waals surface area contributed by atoms with Gasteiger partial charge < -0.3 is 10.2 Å². The van der Waals surface area contributed by atoms with Crippen molar-refractivity contribution < 1.29 is 9.59 Å². The van der Waals surface area contributed by atoms with Crippen LogP contribution in [0.25, 0.3) is 0 Å². The molecule has 5 heteroatoms. The summed E-state index contributed by atoms with van der Waals surface area (Å²) in [4.78, 5) is 25.1. The molecule has 0 spiro atoms. The van der Waals surface area contributed by atoms with E-state index in [1.165, 1.54) is 0 Å². The van der Waals surface area contributed by atoms with E-state index in [-0.39, 0.29) is 17.9 Å². The van der Waals surface area contributed by atoms with Crippen LogP contribution in [0.4, 0.5) is 0 Å². The summed E-state index contributed by atoms with van der Waals surface area (Å²) in [5.41, 5.74) is 0.974. The number of carbonyl (C=O) groups is 2. The Hall–Kier alpha value is -2.35. The zero-order chi connectivity index (χ0) is 14.5. The molecule has 104 valence electrons. The topological polar surface area (TPSA) is 73.2 Å². The third-order valence-electron chi connectivity index (χ3n) is 3.53. The lowest BCUT2D eigenvalue weighted by Crippen LogP contribution is -2.46. The SMILES string of the molecule is CC(=O)N1CCC(NC(=O)c2cccc(C#N)c2)CC1. The van der Waals surface area contributed by atoms with Crippen LogP contribution in [0.2, 0.25) is 0 Å². The molecular formula is C15H17N3O2. The summed E-state index contributed by atoms with van der Waals surface area (Å²) in [7, 11) is 0. The lowest BCUT2D eigenvalue weighted by Gasteiger charge is -2.31. The first kappa shape index (κ1) is 14.1. The van der Waals surface area contributed by atoms with Crippen molar-refractivity contribution in [3.8, 4) is 6.07 Å². The smallest absolute Gasteiger partial charge is 0.251 e. The molecule has 2 amide bonds. The Labute approximate surface area is 118 Å². The summed E-state index contributed by atoms with van der Waals surface area (Å²) in [5.74, 6) is -0.0835. The average molecular weight is 271 g/mol. The minimum Gasteiger partial charge on any atom is -0.349 e. The highest BCUT2D eigenvalue weighted by molar-refractivity contribution is 5.94. The minimum atomic E-state index is -0.164. The fraction of sp³-hybridized carbons (Fsp3) is 0.400. The summed E-state index contributed by atoms with van der Waals surface area (Å²) in [6.07, 6.45) is 1.53. The number of carbonyl (C=O) groups excluding carboxylic acids is 2. The maximum atomic E-state index is 12.1. The third kappa shape index (κ3) is 3.35. The second-order valence-corrected chi connectivity index (χ2v) is 4.95. The highest BCUT2D eigenvalue weighted by Crippen LogP contribution is 2.12. The molecule has 2 rings (SSSR count). The number of hydrogen-bond acceptors (Lipinski definition) is 3. The molecule has 1 N–H and O–H groups in total. The molecule has 0 aromatic heterocycles. The molecule has 0 atom stereocenters. The van der Waals surface area contributed by atoms with Gasteiger partial charge in [0.25, 0.3) is 5.91 Å². The fourth-order valence-electron chi connectivity index (χ4n) is 2.34. The molecule has 0 radical (unpaired) electrons. The van der Waals surface area contributed by atoms with Crippen LogP contribution in [0.15, 0.2) is 24.3 Å². The highest BCUT2D eigenvalue weighted by Gasteiger charge is 2.22. The second-order valence-electron chi connectivity index (χ2n) is 4.95. The van der Waals surface area contributed by atoms with Gasteiger partial charge in [0, 0.05) is 31.6 Å². The van der Waals surface area contributed by atoms with Crippen LogP contribution in [0, 0.1) is 11.3 Å². The zero-order valence-electron chi connectivity index (χ0n) is 11.4. The van der Waals surface area contributed by atoms with Crippen molar-refractivity contribution in [2.75, 3.05) is 13.1 Å². The average Bonchev–Trinajstić information content (AvgIpc) is 2.47. The van der Waals surface area contributed by atoms with E-state index in [1.807, 2.05) is 6.07 Å². The lowest BCUT2D eigenvalue weighted by atomic mass is 10.0. The number of nitrogens with zero attached hydrogens (tertiary/aromatic N) is 2. The van der Waals surface area contributed by atoms with Crippen molar-refractivity contribution in [2.24, 2.45) is 0 Å². The Morgan fingerprint density at radius 3 is 2.65 bits per heavy atom. The highest BCUT2D eigenvalue weighted by atomic mass is 16.2. The van der Waals surface area contributed by atoms with Gasteiger partial charge in [-0.1, -0.05) is 6.07 Å². The van der Waals surface area contributed by atoms with Crippen molar-refractivity contribution in [1.82, 2.24) is 10.2 Å². The normalized spacial score (nSPS) is 15.5. The Morgan fingerprint density at radius 2 is 2.05 bits per heavy atom. The van der Waals surface area contributed by atoms with Gasteiger partial charge in [-0.05, 0) is 31.0 Å². The van der Waals surface area contributed by atoms with Gasteiger partial charge in [0.2, 0.25) is 5.91 Å². The number of hydrogen-bond donors (Lipinski definition) is 1. The van der Waals surface area contributed by atoms with Crippen LogP contribution in [-0.4, -0.2) is 35.8 Å². The number of nitriles is 1. The standard InChI is InChI=1S/C15H17N3O2/c1-11(19)18-7-5-14(6-8-18)17-15(20)13-4-2-3-12(9-13)10-16/h2-4,9,14H,5-8H2,1H3,(H,17,20). The number of likely N-dealkylation sites (tertiary alicyclic amines) is 1. The summed E-state index contributed by atoms with van der Waals surface area (Å²) in [5, 5.41) is 11.8.